The Hall–Kier alpha value is -3.53. The van der Waals surface area contributed by atoms with E-state index < -0.39 is 6.10 Å². The zero-order chi connectivity index (χ0) is 22.8. The van der Waals surface area contributed by atoms with Gasteiger partial charge in [0.25, 0.3) is 0 Å². The maximum Gasteiger partial charge on any atom is 0.338 e. The number of hydrogen-bond acceptors (Lipinski definition) is 6. The van der Waals surface area contributed by atoms with Crippen molar-refractivity contribution in [1.82, 2.24) is 9.88 Å². The second-order valence-electron chi connectivity index (χ2n) is 8.29. The summed E-state index contributed by atoms with van der Waals surface area (Å²) in [6.45, 7) is 5.26. The molecule has 0 saturated heterocycles. The highest BCUT2D eigenvalue weighted by atomic mass is 16.5. The van der Waals surface area contributed by atoms with Gasteiger partial charge in [-0.25, -0.2) is 4.79 Å². The number of nitrogens with zero attached hydrogens (tertiary/aromatic N) is 3. The van der Waals surface area contributed by atoms with Gasteiger partial charge in [0, 0.05) is 30.4 Å². The van der Waals surface area contributed by atoms with E-state index in [1.807, 2.05) is 45.2 Å². The summed E-state index contributed by atoms with van der Waals surface area (Å²) in [4.78, 5) is 18.2. The average Bonchev–Trinajstić information content (AvgIpc) is 3.16. The van der Waals surface area contributed by atoms with E-state index in [1.54, 1.807) is 12.3 Å². The molecular weight excluding hydrogens is 402 g/mol. The minimum Gasteiger partial charge on any atom is -0.457 e. The zero-order valence-corrected chi connectivity index (χ0v) is 18.4. The van der Waals surface area contributed by atoms with E-state index in [4.69, 9.17) is 10.00 Å². The van der Waals surface area contributed by atoms with Gasteiger partial charge in [0.05, 0.1) is 22.9 Å². The number of likely N-dealkylation sites (N-methyl/N-ethyl adjacent to an activating group) is 1. The molecule has 0 aliphatic carbocycles. The number of rotatable bonds is 6. The molecule has 0 bridgehead atoms. The minimum absolute atomic E-state index is 0.274. The van der Waals surface area contributed by atoms with Gasteiger partial charge in [-0.05, 0) is 55.3 Å². The van der Waals surface area contributed by atoms with Crippen LogP contribution in [0.3, 0.4) is 0 Å². The van der Waals surface area contributed by atoms with Gasteiger partial charge in [-0.2, -0.15) is 5.26 Å². The summed E-state index contributed by atoms with van der Waals surface area (Å²) in [5.41, 5.74) is 7.67. The fraction of sp³-hybridized carbons (Fsp3) is 0.269. The number of pyridine rings is 1. The lowest BCUT2D eigenvalue weighted by Gasteiger charge is -2.22. The Morgan fingerprint density at radius 1 is 1.22 bits per heavy atom. The van der Waals surface area contributed by atoms with E-state index in [1.165, 1.54) is 0 Å². The van der Waals surface area contributed by atoms with Gasteiger partial charge in [-0.1, -0.05) is 30.3 Å². The van der Waals surface area contributed by atoms with Crippen LogP contribution in [0.25, 0.3) is 11.3 Å². The summed E-state index contributed by atoms with van der Waals surface area (Å²) in [5.74, 6) is -0.295. The van der Waals surface area contributed by atoms with Crippen LogP contribution in [0.15, 0.2) is 48.7 Å². The second-order valence-corrected chi connectivity index (χ2v) is 8.29. The fourth-order valence-electron chi connectivity index (χ4n) is 4.11. The number of nitriles is 1. The van der Waals surface area contributed by atoms with Crippen LogP contribution in [0.4, 0.5) is 0 Å². The molecule has 1 aliphatic rings. The molecule has 162 valence electrons. The molecule has 1 atom stereocenters. The molecule has 6 heteroatoms. The third-order valence-electron chi connectivity index (χ3n) is 5.98. The summed E-state index contributed by atoms with van der Waals surface area (Å²) in [6.07, 6.45) is 0.947. The molecule has 0 saturated carbocycles. The number of fused-ring (bicyclic) bond motifs is 1. The molecular formula is C26H25N3O3. The van der Waals surface area contributed by atoms with Gasteiger partial charge in [0.15, 0.2) is 0 Å². The topological polar surface area (TPSA) is 86.5 Å². The van der Waals surface area contributed by atoms with Crippen LogP contribution in [-0.2, 0) is 17.9 Å². The first-order valence-electron chi connectivity index (χ1n) is 10.5. The Bertz CT molecular complexity index is 1210. The molecule has 0 radical (unpaired) electrons. The Kier molecular flexibility index (Phi) is 6.04. The number of esters is 1. The smallest absolute Gasteiger partial charge is 0.338 e. The number of aliphatic hydroxyl groups is 1. The Morgan fingerprint density at radius 3 is 2.66 bits per heavy atom. The largest absolute Gasteiger partial charge is 0.457 e. The maximum absolute atomic E-state index is 11.7. The van der Waals surface area contributed by atoms with Crippen molar-refractivity contribution >= 4 is 5.97 Å². The van der Waals surface area contributed by atoms with Gasteiger partial charge in [-0.15, -0.1) is 0 Å². The number of cyclic esters (lactones) is 1. The van der Waals surface area contributed by atoms with Crippen LogP contribution in [0.2, 0.25) is 0 Å². The predicted molar refractivity (Wildman–Crippen MR) is 121 cm³/mol. The number of aliphatic hydroxyl groups excluding tert-OH is 1. The van der Waals surface area contributed by atoms with E-state index in [0.717, 1.165) is 39.1 Å². The third-order valence-corrected chi connectivity index (χ3v) is 5.98. The first-order chi connectivity index (χ1) is 15.4. The van der Waals surface area contributed by atoms with E-state index in [9.17, 15) is 9.90 Å². The molecule has 4 rings (SSSR count). The van der Waals surface area contributed by atoms with Gasteiger partial charge >= 0.3 is 5.97 Å². The Labute approximate surface area is 187 Å². The third kappa shape index (κ3) is 4.26. The summed E-state index contributed by atoms with van der Waals surface area (Å²) < 4.78 is 5.11. The average molecular weight is 428 g/mol. The van der Waals surface area contributed by atoms with Crippen molar-refractivity contribution in [1.29, 1.82) is 5.26 Å². The van der Waals surface area contributed by atoms with Crippen LogP contribution in [0.1, 0.15) is 49.8 Å². The highest BCUT2D eigenvalue weighted by Gasteiger charge is 2.25. The van der Waals surface area contributed by atoms with Crippen molar-refractivity contribution < 1.29 is 14.6 Å². The lowest BCUT2D eigenvalue weighted by Crippen LogP contribution is -2.24. The second kappa shape index (κ2) is 8.91. The molecule has 0 amide bonds. The van der Waals surface area contributed by atoms with Crippen LogP contribution in [0, 0.1) is 25.2 Å². The standard InChI is InChI=1S/C26H25N3O3/c1-16-10-24(28-12-20(16)11-27)19-6-4-18(5-7-19)13-29(3)14-25(30)21-8-9-22-23(17(21)2)15-32-26(22)31/h4-10,12,25,30H,13-15H2,1-3H3. The van der Waals surface area contributed by atoms with Crippen molar-refractivity contribution in [3.63, 3.8) is 0 Å². The highest BCUT2D eigenvalue weighted by Crippen LogP contribution is 2.29. The van der Waals surface area contributed by atoms with Crippen molar-refractivity contribution in [3.05, 3.63) is 87.6 Å². The lowest BCUT2D eigenvalue weighted by atomic mass is 9.95. The summed E-state index contributed by atoms with van der Waals surface area (Å²) in [6, 6.07) is 15.8. The first-order valence-corrected chi connectivity index (χ1v) is 10.5. The number of carbonyl (C=O) groups excluding carboxylic acids is 1. The normalized spacial score (nSPS) is 13.6. The molecule has 0 fully saturated rings. The fourth-order valence-corrected chi connectivity index (χ4v) is 4.11. The van der Waals surface area contributed by atoms with Crippen molar-refractivity contribution in [2.75, 3.05) is 13.6 Å². The number of aryl methyl sites for hydroxylation is 1. The van der Waals surface area contributed by atoms with Gasteiger partial charge in [-0.3, -0.25) is 9.88 Å². The van der Waals surface area contributed by atoms with Crippen LogP contribution in [-0.4, -0.2) is 34.6 Å². The van der Waals surface area contributed by atoms with E-state index >= 15 is 0 Å². The predicted octanol–water partition coefficient (Wildman–Crippen LogP) is 4.07. The van der Waals surface area contributed by atoms with E-state index in [0.29, 0.717) is 24.2 Å². The van der Waals surface area contributed by atoms with Crippen molar-refractivity contribution in [2.24, 2.45) is 0 Å². The maximum atomic E-state index is 11.7. The Morgan fingerprint density at radius 2 is 1.97 bits per heavy atom. The Balaban J connectivity index is 1.41. The number of ether oxygens (including phenoxy) is 1. The first kappa shape index (κ1) is 21.7. The quantitative estimate of drug-likeness (QED) is 0.597. The number of carbonyl (C=O) groups is 1. The SMILES string of the molecule is Cc1cc(-c2ccc(CN(C)CC(O)c3ccc4c(c3C)COC4=O)cc2)ncc1C#N. The zero-order valence-electron chi connectivity index (χ0n) is 18.4. The van der Waals surface area contributed by atoms with Crippen molar-refractivity contribution in [2.45, 2.75) is 33.1 Å². The molecule has 2 heterocycles. The summed E-state index contributed by atoms with van der Waals surface area (Å²) >= 11 is 0. The molecule has 0 spiro atoms. The molecule has 1 unspecified atom stereocenters. The highest BCUT2D eigenvalue weighted by molar-refractivity contribution is 5.93. The van der Waals surface area contributed by atoms with Crippen LogP contribution >= 0.6 is 0 Å². The molecule has 3 aromatic rings. The van der Waals surface area contributed by atoms with Crippen LogP contribution in [0.5, 0.6) is 0 Å². The molecule has 1 aromatic heterocycles. The minimum atomic E-state index is -0.661. The molecule has 32 heavy (non-hydrogen) atoms. The van der Waals surface area contributed by atoms with E-state index in [2.05, 4.69) is 28.1 Å². The van der Waals surface area contributed by atoms with Gasteiger partial charge in [0.2, 0.25) is 0 Å². The molecule has 2 aromatic carbocycles. The molecule has 6 nitrogen and oxygen atoms in total. The van der Waals surface area contributed by atoms with E-state index in [-0.39, 0.29) is 12.6 Å². The van der Waals surface area contributed by atoms with Gasteiger partial charge in [0.1, 0.15) is 12.7 Å². The molecule has 1 N–H and O–H groups in total. The van der Waals surface area contributed by atoms with Crippen molar-refractivity contribution in [3.8, 4) is 17.3 Å². The number of hydrogen-bond donors (Lipinski definition) is 1. The van der Waals surface area contributed by atoms with Crippen LogP contribution < -0.4 is 0 Å². The monoisotopic (exact) mass is 427 g/mol. The number of aromatic nitrogens is 1. The number of benzene rings is 2. The molecule has 1 aliphatic heterocycles. The van der Waals surface area contributed by atoms with Gasteiger partial charge < -0.3 is 9.84 Å². The lowest BCUT2D eigenvalue weighted by molar-refractivity contribution is 0.0535. The summed E-state index contributed by atoms with van der Waals surface area (Å²) in [7, 11) is 1.97. The summed E-state index contributed by atoms with van der Waals surface area (Å²) in [5, 5.41) is 19.9.